The molecular weight excluding hydrogens is 364 g/mol. The highest BCUT2D eigenvalue weighted by Crippen LogP contribution is 2.41. The second kappa shape index (κ2) is 7.48. The Kier molecular flexibility index (Phi) is 5.22. The Morgan fingerprint density at radius 1 is 1.30 bits per heavy atom. The first kappa shape index (κ1) is 18.8. The molecule has 4 atom stereocenters. The lowest BCUT2D eigenvalue weighted by molar-refractivity contribution is -0.152. The molecule has 4 heterocycles. The van der Waals surface area contributed by atoms with Crippen LogP contribution in [0, 0.1) is 11.8 Å². The highest BCUT2D eigenvalue weighted by atomic mass is 32.2. The molecule has 1 N–H and O–H groups in total. The zero-order valence-corrected chi connectivity index (χ0v) is 16.6. The predicted octanol–water partition coefficient (Wildman–Crippen LogP) is 0.832. The summed E-state index contributed by atoms with van der Waals surface area (Å²) < 4.78 is 26.0. The van der Waals surface area contributed by atoms with Crippen LogP contribution in [0.2, 0.25) is 0 Å². The summed E-state index contributed by atoms with van der Waals surface area (Å²) >= 11 is 0. The molecule has 2 bridgehead atoms. The molecule has 0 aromatic carbocycles. The van der Waals surface area contributed by atoms with Gasteiger partial charge in [-0.3, -0.25) is 14.7 Å². The largest absolute Gasteiger partial charge is 0.335 e. The van der Waals surface area contributed by atoms with Gasteiger partial charge in [-0.15, -0.1) is 0 Å². The molecule has 3 aliphatic rings. The number of pyridine rings is 1. The number of nitrogens with zero attached hydrogens (tertiary/aromatic N) is 3. The van der Waals surface area contributed by atoms with E-state index in [1.165, 1.54) is 11.8 Å². The second-order valence-electron chi connectivity index (χ2n) is 8.26. The summed E-state index contributed by atoms with van der Waals surface area (Å²) in [5.74, 6) is 0.967. The number of hydrogen-bond donors (Lipinski definition) is 1. The fourth-order valence-corrected chi connectivity index (χ4v) is 5.72. The minimum Gasteiger partial charge on any atom is -0.335 e. The maximum atomic E-state index is 12.7. The lowest BCUT2D eigenvalue weighted by Crippen LogP contribution is -2.66. The minimum atomic E-state index is -3.28. The van der Waals surface area contributed by atoms with Crippen molar-refractivity contribution in [1.29, 1.82) is 0 Å². The molecule has 7 nitrogen and oxygen atoms in total. The predicted molar refractivity (Wildman–Crippen MR) is 102 cm³/mol. The number of hydrogen-bond acceptors (Lipinski definition) is 5. The van der Waals surface area contributed by atoms with Crippen LogP contribution in [0.25, 0.3) is 0 Å². The number of nitrogens with one attached hydrogen (secondary N) is 1. The van der Waals surface area contributed by atoms with E-state index in [1.807, 2.05) is 17.2 Å². The van der Waals surface area contributed by atoms with Gasteiger partial charge in [0.05, 0.1) is 6.26 Å². The van der Waals surface area contributed by atoms with Crippen LogP contribution in [0.15, 0.2) is 24.5 Å². The number of sulfonamides is 1. The van der Waals surface area contributed by atoms with E-state index in [-0.39, 0.29) is 18.0 Å². The van der Waals surface area contributed by atoms with E-state index in [2.05, 4.69) is 20.7 Å². The fourth-order valence-electron chi connectivity index (χ4n) is 5.25. The van der Waals surface area contributed by atoms with Crippen molar-refractivity contribution >= 4 is 15.9 Å². The molecule has 0 aliphatic carbocycles. The van der Waals surface area contributed by atoms with Gasteiger partial charge in [0, 0.05) is 57.1 Å². The molecule has 4 rings (SSSR count). The van der Waals surface area contributed by atoms with E-state index < -0.39 is 10.0 Å². The maximum absolute atomic E-state index is 12.7. The van der Waals surface area contributed by atoms with Crippen molar-refractivity contribution in [2.45, 2.75) is 44.3 Å². The summed E-state index contributed by atoms with van der Waals surface area (Å²) in [6, 6.07) is 4.24. The molecule has 0 radical (unpaired) electrons. The van der Waals surface area contributed by atoms with Gasteiger partial charge in [-0.25, -0.2) is 13.1 Å². The SMILES string of the molecule is CS(=O)(=O)NC[C@H]1[C@H]2C[C@H](CN(Cc3cccnc3)C2)[C@@H]2CCCC(=O)N21. The smallest absolute Gasteiger partial charge is 0.223 e. The molecule has 3 fully saturated rings. The molecule has 148 valence electrons. The molecule has 0 spiro atoms. The van der Waals surface area contributed by atoms with Crippen molar-refractivity contribution < 1.29 is 13.2 Å². The summed E-state index contributed by atoms with van der Waals surface area (Å²) in [5, 5.41) is 0. The number of rotatable bonds is 5. The summed E-state index contributed by atoms with van der Waals surface area (Å²) in [6.07, 6.45) is 8.51. The molecule has 8 heteroatoms. The molecule has 1 aromatic heterocycles. The van der Waals surface area contributed by atoms with Gasteiger partial charge in [0.1, 0.15) is 0 Å². The summed E-state index contributed by atoms with van der Waals surface area (Å²) in [4.78, 5) is 21.4. The van der Waals surface area contributed by atoms with Crippen LogP contribution in [-0.2, 0) is 21.4 Å². The Morgan fingerprint density at radius 3 is 2.85 bits per heavy atom. The third-order valence-electron chi connectivity index (χ3n) is 6.26. The Bertz CT molecular complexity index is 785. The number of likely N-dealkylation sites (tertiary alicyclic amines) is 1. The van der Waals surface area contributed by atoms with Crippen molar-refractivity contribution in [3.05, 3.63) is 30.1 Å². The number of carbonyl (C=O) groups excluding carboxylic acids is 1. The summed E-state index contributed by atoms with van der Waals surface area (Å²) in [7, 11) is -3.28. The van der Waals surface area contributed by atoms with Crippen LogP contribution < -0.4 is 4.72 Å². The lowest BCUT2D eigenvalue weighted by Gasteiger charge is -2.56. The van der Waals surface area contributed by atoms with Crippen LogP contribution in [0.5, 0.6) is 0 Å². The van der Waals surface area contributed by atoms with Gasteiger partial charge in [-0.1, -0.05) is 6.07 Å². The second-order valence-corrected chi connectivity index (χ2v) is 10.1. The number of fused-ring (bicyclic) bond motifs is 4. The summed E-state index contributed by atoms with van der Waals surface area (Å²) in [5.41, 5.74) is 1.19. The molecule has 3 saturated heterocycles. The van der Waals surface area contributed by atoms with Gasteiger partial charge < -0.3 is 4.90 Å². The van der Waals surface area contributed by atoms with Gasteiger partial charge >= 0.3 is 0 Å². The van der Waals surface area contributed by atoms with Gasteiger partial charge in [-0.05, 0) is 42.7 Å². The monoisotopic (exact) mass is 392 g/mol. The van der Waals surface area contributed by atoms with Crippen molar-refractivity contribution in [1.82, 2.24) is 19.5 Å². The average Bonchev–Trinajstić information content (AvgIpc) is 2.62. The molecule has 0 unspecified atom stereocenters. The third kappa shape index (κ3) is 4.17. The van der Waals surface area contributed by atoms with Gasteiger partial charge in [0.25, 0.3) is 0 Å². The maximum Gasteiger partial charge on any atom is 0.223 e. The van der Waals surface area contributed by atoms with E-state index in [0.717, 1.165) is 38.9 Å². The van der Waals surface area contributed by atoms with Crippen molar-refractivity contribution in [3.63, 3.8) is 0 Å². The summed E-state index contributed by atoms with van der Waals surface area (Å²) in [6.45, 7) is 3.05. The zero-order chi connectivity index (χ0) is 19.0. The Labute approximate surface area is 161 Å². The van der Waals surface area contributed by atoms with Gasteiger partial charge in [0.2, 0.25) is 15.9 Å². The number of carbonyl (C=O) groups is 1. The van der Waals surface area contributed by atoms with Crippen LogP contribution in [0.4, 0.5) is 0 Å². The first-order chi connectivity index (χ1) is 12.9. The van der Waals surface area contributed by atoms with Crippen LogP contribution in [-0.4, -0.2) is 67.1 Å². The van der Waals surface area contributed by atoms with Crippen molar-refractivity contribution in [2.24, 2.45) is 11.8 Å². The average molecular weight is 393 g/mol. The van der Waals surface area contributed by atoms with Crippen molar-refractivity contribution in [3.8, 4) is 0 Å². The molecule has 3 aliphatic heterocycles. The van der Waals surface area contributed by atoms with Gasteiger partial charge in [0.15, 0.2) is 0 Å². The first-order valence-corrected chi connectivity index (χ1v) is 11.7. The van der Waals surface area contributed by atoms with E-state index in [0.29, 0.717) is 24.8 Å². The van der Waals surface area contributed by atoms with E-state index in [9.17, 15) is 13.2 Å². The molecule has 27 heavy (non-hydrogen) atoms. The minimum absolute atomic E-state index is 0.0505. The van der Waals surface area contributed by atoms with Gasteiger partial charge in [-0.2, -0.15) is 0 Å². The van der Waals surface area contributed by atoms with E-state index in [4.69, 9.17) is 0 Å². The standard InChI is InChI=1S/C19H28N4O3S/c1-27(25,26)21-10-18-16-8-15(17-5-2-6-19(24)23(17)18)12-22(13-16)11-14-4-3-7-20-9-14/h3-4,7,9,15-18,21H,2,5-6,8,10-13H2,1H3/t15-,16+,17+,18+/m1/s1. The Morgan fingerprint density at radius 2 is 2.11 bits per heavy atom. The quantitative estimate of drug-likeness (QED) is 0.803. The molecule has 1 aromatic rings. The van der Waals surface area contributed by atoms with Crippen LogP contribution >= 0.6 is 0 Å². The zero-order valence-electron chi connectivity index (χ0n) is 15.8. The van der Waals surface area contributed by atoms with E-state index in [1.54, 1.807) is 6.20 Å². The Balaban J connectivity index is 1.55. The fraction of sp³-hybridized carbons (Fsp3) is 0.684. The molecule has 1 amide bonds. The van der Waals surface area contributed by atoms with Crippen LogP contribution in [0.1, 0.15) is 31.2 Å². The first-order valence-electron chi connectivity index (χ1n) is 9.78. The molecule has 0 saturated carbocycles. The third-order valence-corrected chi connectivity index (χ3v) is 6.95. The normalized spacial score (nSPS) is 31.6. The highest BCUT2D eigenvalue weighted by molar-refractivity contribution is 7.88. The lowest BCUT2D eigenvalue weighted by atomic mass is 9.72. The van der Waals surface area contributed by atoms with E-state index >= 15 is 0 Å². The number of piperidine rings is 3. The Hall–Kier alpha value is -1.51. The number of aromatic nitrogens is 1. The van der Waals surface area contributed by atoms with Crippen LogP contribution in [0.3, 0.4) is 0 Å². The van der Waals surface area contributed by atoms with Crippen molar-refractivity contribution in [2.75, 3.05) is 25.9 Å². The number of amides is 1. The topological polar surface area (TPSA) is 82.6 Å². The molecular formula is C19H28N4O3S. The highest BCUT2D eigenvalue weighted by Gasteiger charge is 2.49.